The zero-order chi connectivity index (χ0) is 54.0. The predicted octanol–water partition coefficient (Wildman–Crippen LogP) is 14.9. The van der Waals surface area contributed by atoms with Gasteiger partial charge in [0.25, 0.3) is 13.4 Å². The molecule has 4 aliphatic rings. The molecule has 0 amide bonds. The molecule has 6 heteroatoms. The van der Waals surface area contributed by atoms with Crippen molar-refractivity contribution in [3.63, 3.8) is 0 Å². The standard InChI is InChI=1S/C72H68B2N4/c1-41-33-51-49-39-50-52-34-42(2)36-56-68(52)78(62-20-16-18-60-66(62)74(56)54-38-46(72(12,13)14)26-32-58(54)76(60)48-29-23-44(24-30-48)70(6,7)8)64(50)40-63(49)77-61-19-15-17-59-65(61)73(55(35-41)67(51)77)53-37-45(71(9,10)11)25-31-57(53)75(59)47-27-21-43(22-28-47)69(3,4)5/h15-40H,1-14H3. The molecule has 9 aromatic carbocycles. The molecule has 15 rings (SSSR count). The highest BCUT2D eigenvalue weighted by molar-refractivity contribution is 7.01. The number of hydrogen-bond acceptors (Lipinski definition) is 2. The van der Waals surface area contributed by atoms with Crippen LogP contribution in [0.2, 0.25) is 0 Å². The van der Waals surface area contributed by atoms with E-state index in [9.17, 15) is 0 Å². The summed E-state index contributed by atoms with van der Waals surface area (Å²) in [7, 11) is 0. The van der Waals surface area contributed by atoms with Crippen LogP contribution < -0.4 is 42.6 Å². The van der Waals surface area contributed by atoms with Crippen molar-refractivity contribution in [3.8, 4) is 11.4 Å². The molecule has 382 valence electrons. The van der Waals surface area contributed by atoms with Crippen LogP contribution in [0.15, 0.2) is 158 Å². The second kappa shape index (κ2) is 15.5. The van der Waals surface area contributed by atoms with Gasteiger partial charge in [0.1, 0.15) is 0 Å². The third-order valence-electron chi connectivity index (χ3n) is 18.3. The van der Waals surface area contributed by atoms with E-state index in [0.29, 0.717) is 0 Å². The molecule has 0 saturated heterocycles. The Balaban J connectivity index is 1.03. The first-order valence-corrected chi connectivity index (χ1v) is 28.5. The van der Waals surface area contributed by atoms with E-state index in [1.165, 1.54) is 155 Å². The Morgan fingerprint density at radius 1 is 0.308 bits per heavy atom. The maximum atomic E-state index is 2.66. The van der Waals surface area contributed by atoms with E-state index >= 15 is 0 Å². The lowest BCUT2D eigenvalue weighted by Gasteiger charge is -2.41. The van der Waals surface area contributed by atoms with Crippen LogP contribution in [0.25, 0.3) is 55.0 Å². The van der Waals surface area contributed by atoms with Gasteiger partial charge in [-0.25, -0.2) is 0 Å². The van der Waals surface area contributed by atoms with E-state index in [2.05, 4.69) is 274 Å². The largest absolute Gasteiger partial charge is 0.311 e. The second-order valence-electron chi connectivity index (χ2n) is 27.7. The quantitative estimate of drug-likeness (QED) is 0.160. The molecule has 6 heterocycles. The van der Waals surface area contributed by atoms with Crippen LogP contribution in [0.3, 0.4) is 0 Å². The Morgan fingerprint density at radius 3 is 1.04 bits per heavy atom. The number of rotatable bonds is 2. The Labute approximate surface area is 461 Å². The monoisotopic (exact) mass is 1010 g/mol. The summed E-state index contributed by atoms with van der Waals surface area (Å²) in [5.41, 5.74) is 31.4. The van der Waals surface area contributed by atoms with Crippen molar-refractivity contribution in [2.75, 3.05) is 9.80 Å². The SMILES string of the molecule is Cc1cc2c3c(c1)c1cc4c5cc(C)cc6c5n(c4cc1n3-c1cccc3c1B2c1cc(C(C)(C)C)ccc1N3c1ccc(C(C)(C)C)cc1)-c1cccc2c1B6c1cc(C(C)(C)C)ccc1N2c1ccc(C(C)(C)C)cc1. The fourth-order valence-corrected chi connectivity index (χ4v) is 14.4. The molecule has 4 aliphatic heterocycles. The van der Waals surface area contributed by atoms with E-state index in [4.69, 9.17) is 0 Å². The van der Waals surface area contributed by atoms with Crippen LogP contribution in [-0.4, -0.2) is 22.6 Å². The maximum Gasteiger partial charge on any atom is 0.252 e. The molecule has 0 aliphatic carbocycles. The first kappa shape index (κ1) is 47.5. The van der Waals surface area contributed by atoms with Crippen LogP contribution in [0.5, 0.6) is 0 Å². The molecule has 0 unspecified atom stereocenters. The van der Waals surface area contributed by atoms with Gasteiger partial charge in [-0.3, -0.25) is 0 Å². The molecule has 0 atom stereocenters. The first-order valence-electron chi connectivity index (χ1n) is 28.5. The molecular weight excluding hydrogens is 942 g/mol. The van der Waals surface area contributed by atoms with Gasteiger partial charge in [-0.1, -0.05) is 167 Å². The fraction of sp³-hybridized carbons (Fsp3) is 0.250. The van der Waals surface area contributed by atoms with Gasteiger partial charge < -0.3 is 18.9 Å². The molecule has 0 N–H and O–H groups in total. The van der Waals surface area contributed by atoms with E-state index in [1.807, 2.05) is 0 Å². The van der Waals surface area contributed by atoms with E-state index in [-0.39, 0.29) is 35.1 Å². The van der Waals surface area contributed by atoms with Gasteiger partial charge in [-0.15, -0.1) is 0 Å². The minimum Gasteiger partial charge on any atom is -0.311 e. The second-order valence-corrected chi connectivity index (χ2v) is 27.7. The van der Waals surface area contributed by atoms with Crippen molar-refractivity contribution in [3.05, 3.63) is 191 Å². The average molecular weight is 1010 g/mol. The predicted molar refractivity (Wildman–Crippen MR) is 338 cm³/mol. The number of aromatic nitrogens is 2. The molecule has 0 radical (unpaired) electrons. The molecular formula is C72H68B2N4. The van der Waals surface area contributed by atoms with Crippen molar-refractivity contribution in [1.82, 2.24) is 9.13 Å². The normalized spacial score (nSPS) is 14.4. The first-order chi connectivity index (χ1) is 37.0. The zero-order valence-electron chi connectivity index (χ0n) is 48.0. The van der Waals surface area contributed by atoms with Gasteiger partial charge in [0.05, 0.1) is 11.0 Å². The highest BCUT2D eigenvalue weighted by Gasteiger charge is 2.45. The average Bonchev–Trinajstić information content (AvgIpc) is 2.93. The summed E-state index contributed by atoms with van der Waals surface area (Å²) in [6, 6.07) is 62.6. The maximum absolute atomic E-state index is 2.66. The number of hydrogen-bond donors (Lipinski definition) is 0. The molecule has 11 aromatic rings. The minimum absolute atomic E-state index is 0.0181. The van der Waals surface area contributed by atoms with E-state index in [1.54, 1.807) is 0 Å². The van der Waals surface area contributed by atoms with Crippen LogP contribution >= 0.6 is 0 Å². The van der Waals surface area contributed by atoms with Crippen LogP contribution in [-0.2, 0) is 21.7 Å². The van der Waals surface area contributed by atoms with Crippen LogP contribution in [0, 0.1) is 13.8 Å². The van der Waals surface area contributed by atoms with Gasteiger partial charge >= 0.3 is 0 Å². The number of aryl methyl sites for hydroxylation is 2. The summed E-state index contributed by atoms with van der Waals surface area (Å²) < 4.78 is 5.31. The van der Waals surface area contributed by atoms with Crippen molar-refractivity contribution in [2.45, 2.75) is 119 Å². The Kier molecular flexibility index (Phi) is 9.46. The molecule has 0 spiro atoms. The minimum atomic E-state index is -0.0181. The van der Waals surface area contributed by atoms with Gasteiger partial charge in [-0.2, -0.15) is 0 Å². The highest BCUT2D eigenvalue weighted by atomic mass is 15.2. The Bertz CT molecular complexity index is 4160. The molecule has 0 fully saturated rings. The zero-order valence-corrected chi connectivity index (χ0v) is 48.0. The summed E-state index contributed by atoms with van der Waals surface area (Å²) in [5, 5.41) is 5.26. The van der Waals surface area contributed by atoms with Crippen molar-refractivity contribution in [2.24, 2.45) is 0 Å². The summed E-state index contributed by atoms with van der Waals surface area (Å²) in [6.07, 6.45) is 0. The molecule has 0 bridgehead atoms. The molecule has 4 nitrogen and oxygen atoms in total. The molecule has 0 saturated carbocycles. The number of anilines is 6. The van der Waals surface area contributed by atoms with E-state index < -0.39 is 0 Å². The van der Waals surface area contributed by atoms with Gasteiger partial charge in [-0.05, 0) is 175 Å². The number of nitrogens with zero attached hydrogens (tertiary/aromatic N) is 4. The van der Waals surface area contributed by atoms with Crippen molar-refractivity contribution < 1.29 is 0 Å². The lowest BCUT2D eigenvalue weighted by Crippen LogP contribution is -2.60. The van der Waals surface area contributed by atoms with Crippen molar-refractivity contribution in [1.29, 1.82) is 0 Å². The molecule has 78 heavy (non-hydrogen) atoms. The fourth-order valence-electron chi connectivity index (χ4n) is 14.4. The van der Waals surface area contributed by atoms with E-state index in [0.717, 1.165) is 0 Å². The Morgan fingerprint density at radius 2 is 0.667 bits per heavy atom. The molecule has 2 aromatic heterocycles. The van der Waals surface area contributed by atoms with Crippen LogP contribution in [0.4, 0.5) is 34.1 Å². The number of fused-ring (bicyclic) bond motifs is 14. The third kappa shape index (κ3) is 6.49. The third-order valence-corrected chi connectivity index (χ3v) is 18.3. The number of benzene rings is 9. The summed E-state index contributed by atoms with van der Waals surface area (Å²) in [4.78, 5) is 5.11. The van der Waals surface area contributed by atoms with Crippen molar-refractivity contribution >= 4 is 124 Å². The Hall–Kier alpha value is -7.69. The van der Waals surface area contributed by atoms with Crippen LogP contribution in [0.1, 0.15) is 116 Å². The summed E-state index contributed by atoms with van der Waals surface area (Å²) >= 11 is 0. The van der Waals surface area contributed by atoms with Gasteiger partial charge in [0, 0.05) is 78.1 Å². The summed E-state index contributed by atoms with van der Waals surface area (Å²) in [6.45, 7) is 32.6. The topological polar surface area (TPSA) is 16.3 Å². The summed E-state index contributed by atoms with van der Waals surface area (Å²) in [5.74, 6) is 0. The highest BCUT2D eigenvalue weighted by Crippen LogP contribution is 2.47. The lowest BCUT2D eigenvalue weighted by molar-refractivity contribution is 0.590. The van der Waals surface area contributed by atoms with Gasteiger partial charge in [0.15, 0.2) is 0 Å². The lowest BCUT2D eigenvalue weighted by atomic mass is 9.33. The van der Waals surface area contributed by atoms with Gasteiger partial charge in [0.2, 0.25) is 0 Å². The smallest absolute Gasteiger partial charge is 0.252 e.